The summed E-state index contributed by atoms with van der Waals surface area (Å²) in [5.41, 5.74) is 16.0. The lowest BCUT2D eigenvalue weighted by atomic mass is 9.96. The Kier molecular flexibility index (Phi) is 8.52. The summed E-state index contributed by atoms with van der Waals surface area (Å²) in [6.45, 7) is 0. The summed E-state index contributed by atoms with van der Waals surface area (Å²) in [5.74, 6) is 2.74. The summed E-state index contributed by atoms with van der Waals surface area (Å²) in [5, 5.41) is 7.10. The SMILES string of the molecule is c1ccc(-c2nc(-c3ccccc3)nc(-c3cccc(-c4ccc5c6cc(-c7ccc8c(c7)c7ccccc7n8-c7ccccc7)cc7c8ccccc8n(c67)c6nc7ccccc7n6c5c4)c3)n2)cc1. The first-order valence-electron chi connectivity index (χ1n) is 24.0. The van der Waals surface area contributed by atoms with E-state index in [1.807, 2.05) is 60.7 Å². The highest BCUT2D eigenvalue weighted by Gasteiger charge is 2.22. The van der Waals surface area contributed by atoms with Gasteiger partial charge in [-0.1, -0.05) is 164 Å². The summed E-state index contributed by atoms with van der Waals surface area (Å²) in [7, 11) is 0. The highest BCUT2D eigenvalue weighted by molar-refractivity contribution is 6.22. The predicted octanol–water partition coefficient (Wildman–Crippen LogP) is 15.8. The zero-order chi connectivity index (χ0) is 46.6. The molecule has 0 saturated carbocycles. The van der Waals surface area contributed by atoms with E-state index in [1.54, 1.807) is 0 Å². The van der Waals surface area contributed by atoms with Gasteiger partial charge in [0.2, 0.25) is 5.78 Å². The number of hydrogen-bond acceptors (Lipinski definition) is 4. The zero-order valence-corrected chi connectivity index (χ0v) is 38.1. The van der Waals surface area contributed by atoms with Crippen LogP contribution >= 0.6 is 0 Å². The van der Waals surface area contributed by atoms with Crippen molar-refractivity contribution in [2.24, 2.45) is 0 Å². The number of nitrogens with zero attached hydrogens (tertiary/aromatic N) is 7. The van der Waals surface area contributed by atoms with Gasteiger partial charge in [0.05, 0.1) is 38.6 Å². The van der Waals surface area contributed by atoms with Crippen molar-refractivity contribution in [1.29, 1.82) is 0 Å². The molecule has 5 aromatic heterocycles. The lowest BCUT2D eigenvalue weighted by molar-refractivity contribution is 1.07. The van der Waals surface area contributed by atoms with Gasteiger partial charge in [0, 0.05) is 54.7 Å². The van der Waals surface area contributed by atoms with E-state index in [0.29, 0.717) is 17.5 Å². The molecule has 0 aliphatic heterocycles. The maximum Gasteiger partial charge on any atom is 0.220 e. The van der Waals surface area contributed by atoms with Crippen molar-refractivity contribution in [1.82, 2.24) is 33.3 Å². The Labute approximate surface area is 406 Å². The molecular formula is C64H39N7. The lowest BCUT2D eigenvalue weighted by Gasteiger charge is -2.11. The Balaban J connectivity index is 0.978. The van der Waals surface area contributed by atoms with Crippen molar-refractivity contribution in [3.05, 3.63) is 237 Å². The van der Waals surface area contributed by atoms with E-state index in [-0.39, 0.29) is 0 Å². The topological polar surface area (TPSA) is 65.3 Å². The quantitative estimate of drug-likeness (QED) is 0.167. The number of hydrogen-bond donors (Lipinski definition) is 0. The fraction of sp³-hybridized carbons (Fsp3) is 0. The highest BCUT2D eigenvalue weighted by atomic mass is 15.1. The molecule has 0 spiro atoms. The van der Waals surface area contributed by atoms with Gasteiger partial charge >= 0.3 is 0 Å². The van der Waals surface area contributed by atoms with Crippen LogP contribution in [0.5, 0.6) is 0 Å². The molecule has 71 heavy (non-hydrogen) atoms. The normalized spacial score (nSPS) is 11.9. The molecule has 7 heteroatoms. The molecule has 5 heterocycles. The number of aromatic nitrogens is 7. The molecule has 0 N–H and O–H groups in total. The standard InChI is InChI=1S/C64H39N7/c1-4-17-40(18-5-1)61-66-62(41-19-6-2-7-20-41)68-63(67-61)45-22-16-21-42(35-45)44-31-33-50-53-38-46(43-32-34-57-51(36-43)48-25-10-13-28-55(48)69(57)47-23-8-3-9-24-47)37-52-49-26-11-14-29-56(49)71(60(52)53)64-65-54-27-12-15-30-58(54)70(64)59(50)39-44/h1-39H. The minimum atomic E-state index is 0.616. The van der Waals surface area contributed by atoms with Crippen LogP contribution in [-0.2, 0) is 0 Å². The van der Waals surface area contributed by atoms with Gasteiger partial charge in [-0.25, -0.2) is 19.9 Å². The molecule has 15 rings (SSSR count). The van der Waals surface area contributed by atoms with Gasteiger partial charge in [-0.3, -0.25) is 8.80 Å². The third-order valence-electron chi connectivity index (χ3n) is 14.2. The maximum atomic E-state index is 5.45. The van der Waals surface area contributed by atoms with Crippen LogP contribution in [0.15, 0.2) is 237 Å². The first-order chi connectivity index (χ1) is 35.2. The zero-order valence-electron chi connectivity index (χ0n) is 38.1. The summed E-state index contributed by atoms with van der Waals surface area (Å²) in [6, 6.07) is 84.1. The van der Waals surface area contributed by atoms with Crippen molar-refractivity contribution in [2.75, 3.05) is 0 Å². The second kappa shape index (κ2) is 15.4. The van der Waals surface area contributed by atoms with Crippen LogP contribution in [0.2, 0.25) is 0 Å². The van der Waals surface area contributed by atoms with E-state index in [0.717, 1.165) is 88.8 Å². The fourth-order valence-electron chi connectivity index (χ4n) is 11.0. The van der Waals surface area contributed by atoms with Crippen LogP contribution < -0.4 is 0 Å². The molecule has 0 saturated heterocycles. The van der Waals surface area contributed by atoms with Crippen LogP contribution in [0.4, 0.5) is 0 Å². The third kappa shape index (κ3) is 6.10. The number of imidazole rings is 1. The summed E-state index contributed by atoms with van der Waals surface area (Å²) in [6.07, 6.45) is 0. The smallest absolute Gasteiger partial charge is 0.220 e. The molecule has 0 aliphatic carbocycles. The summed E-state index contributed by atoms with van der Waals surface area (Å²) in [4.78, 5) is 20.6. The number of benzene rings is 10. The van der Waals surface area contributed by atoms with Crippen LogP contribution in [0, 0.1) is 0 Å². The molecular weight excluding hydrogens is 867 g/mol. The van der Waals surface area contributed by atoms with Crippen molar-refractivity contribution in [3.8, 4) is 62.1 Å². The van der Waals surface area contributed by atoms with Gasteiger partial charge in [0.15, 0.2) is 17.5 Å². The van der Waals surface area contributed by atoms with Crippen molar-refractivity contribution < 1.29 is 0 Å². The predicted molar refractivity (Wildman–Crippen MR) is 291 cm³/mol. The second-order valence-corrected chi connectivity index (χ2v) is 18.3. The van der Waals surface area contributed by atoms with Crippen molar-refractivity contribution in [2.45, 2.75) is 0 Å². The Morgan fingerprint density at radius 3 is 1.46 bits per heavy atom. The van der Waals surface area contributed by atoms with Gasteiger partial charge in [-0.2, -0.15) is 0 Å². The molecule has 7 nitrogen and oxygen atoms in total. The van der Waals surface area contributed by atoms with E-state index < -0.39 is 0 Å². The average molecular weight is 906 g/mol. The van der Waals surface area contributed by atoms with Gasteiger partial charge in [0.25, 0.3) is 0 Å². The lowest BCUT2D eigenvalue weighted by Crippen LogP contribution is -2.00. The van der Waals surface area contributed by atoms with E-state index >= 15 is 0 Å². The summed E-state index contributed by atoms with van der Waals surface area (Å²) < 4.78 is 7.12. The Hall–Kier alpha value is -9.72. The molecule has 10 aromatic carbocycles. The van der Waals surface area contributed by atoms with E-state index in [2.05, 4.69) is 189 Å². The largest absolute Gasteiger partial charge is 0.309 e. The number of fused-ring (bicyclic) bond motifs is 13. The number of para-hydroxylation sites is 5. The van der Waals surface area contributed by atoms with Crippen LogP contribution in [0.25, 0.3) is 139 Å². The molecule has 0 amide bonds. The van der Waals surface area contributed by atoms with Crippen molar-refractivity contribution >= 4 is 76.7 Å². The second-order valence-electron chi connectivity index (χ2n) is 18.3. The molecule has 330 valence electrons. The molecule has 0 atom stereocenters. The minimum Gasteiger partial charge on any atom is -0.309 e. The average Bonchev–Trinajstić information content (AvgIpc) is 4.09. The van der Waals surface area contributed by atoms with Crippen LogP contribution in [0.1, 0.15) is 0 Å². The third-order valence-corrected chi connectivity index (χ3v) is 14.2. The highest BCUT2D eigenvalue weighted by Crippen LogP contribution is 2.43. The first-order valence-corrected chi connectivity index (χ1v) is 24.0. The number of rotatable bonds is 6. The van der Waals surface area contributed by atoms with E-state index in [4.69, 9.17) is 19.9 Å². The molecule has 0 bridgehead atoms. The summed E-state index contributed by atoms with van der Waals surface area (Å²) >= 11 is 0. The molecule has 15 aromatic rings. The molecule has 0 aliphatic rings. The molecule has 0 fully saturated rings. The first kappa shape index (κ1) is 39.3. The minimum absolute atomic E-state index is 0.616. The van der Waals surface area contributed by atoms with Gasteiger partial charge in [0.1, 0.15) is 0 Å². The van der Waals surface area contributed by atoms with E-state index in [1.165, 1.54) is 32.6 Å². The Morgan fingerprint density at radius 2 is 0.746 bits per heavy atom. The van der Waals surface area contributed by atoms with Gasteiger partial charge < -0.3 is 4.57 Å². The van der Waals surface area contributed by atoms with Gasteiger partial charge in [-0.15, -0.1) is 0 Å². The fourth-order valence-corrected chi connectivity index (χ4v) is 11.0. The maximum absolute atomic E-state index is 5.45. The van der Waals surface area contributed by atoms with Gasteiger partial charge in [-0.05, 0) is 95.1 Å². The van der Waals surface area contributed by atoms with Crippen LogP contribution in [0.3, 0.4) is 0 Å². The monoisotopic (exact) mass is 905 g/mol. The Bertz CT molecular complexity index is 4570. The molecule has 0 radical (unpaired) electrons. The Morgan fingerprint density at radius 1 is 0.254 bits per heavy atom. The van der Waals surface area contributed by atoms with Crippen molar-refractivity contribution in [3.63, 3.8) is 0 Å². The van der Waals surface area contributed by atoms with E-state index in [9.17, 15) is 0 Å². The molecule has 0 unspecified atom stereocenters. The van der Waals surface area contributed by atoms with Crippen LogP contribution in [-0.4, -0.2) is 33.3 Å².